The van der Waals surface area contributed by atoms with Crippen LogP contribution in [0.5, 0.6) is 0 Å². The lowest BCUT2D eigenvalue weighted by Crippen LogP contribution is -2.64. The lowest BCUT2D eigenvalue weighted by Gasteiger charge is -2.41. The predicted molar refractivity (Wildman–Crippen MR) is 70.4 cm³/mol. The van der Waals surface area contributed by atoms with Gasteiger partial charge in [-0.3, -0.25) is 9.59 Å². The quantitative estimate of drug-likeness (QED) is 0.892. The predicted octanol–water partition coefficient (Wildman–Crippen LogP) is 1.34. The highest BCUT2D eigenvalue weighted by Gasteiger charge is 2.39. The lowest BCUT2D eigenvalue weighted by atomic mass is 10.0. The maximum Gasteiger partial charge on any atom is 0.245 e. The summed E-state index contributed by atoms with van der Waals surface area (Å²) in [7, 11) is 0. The number of carbonyl (C=O) groups is 2. The molecule has 3 atom stereocenters. The van der Waals surface area contributed by atoms with E-state index >= 15 is 0 Å². The van der Waals surface area contributed by atoms with E-state index in [0.717, 1.165) is 5.76 Å². The molecular formula is C14H20N2O3. The standard InChI is InChI=1S/C14H20N2O3/c1-4-12-13(17)15-10(3)14(18)16(12)9(2)8-11-6-5-7-19-11/h5-7,9-10,12H,4,8H2,1-3H3,(H,15,17). The third-order valence-corrected chi connectivity index (χ3v) is 3.56. The molecule has 0 spiro atoms. The van der Waals surface area contributed by atoms with Crippen LogP contribution < -0.4 is 5.32 Å². The number of rotatable bonds is 4. The topological polar surface area (TPSA) is 62.6 Å². The number of hydrogen-bond acceptors (Lipinski definition) is 3. The van der Waals surface area contributed by atoms with Crippen LogP contribution in [-0.2, 0) is 16.0 Å². The normalized spacial score (nSPS) is 25.3. The van der Waals surface area contributed by atoms with Crippen molar-refractivity contribution in [3.05, 3.63) is 24.2 Å². The summed E-state index contributed by atoms with van der Waals surface area (Å²) in [5.74, 6) is 0.736. The molecule has 19 heavy (non-hydrogen) atoms. The average molecular weight is 264 g/mol. The Hall–Kier alpha value is -1.78. The van der Waals surface area contributed by atoms with Crippen molar-refractivity contribution in [1.82, 2.24) is 10.2 Å². The van der Waals surface area contributed by atoms with Gasteiger partial charge in [0.15, 0.2) is 0 Å². The van der Waals surface area contributed by atoms with Crippen molar-refractivity contribution in [2.24, 2.45) is 0 Å². The van der Waals surface area contributed by atoms with Crippen LogP contribution in [0.15, 0.2) is 22.8 Å². The van der Waals surface area contributed by atoms with Gasteiger partial charge in [0.25, 0.3) is 0 Å². The molecule has 1 saturated heterocycles. The fraction of sp³-hybridized carbons (Fsp3) is 0.571. The monoisotopic (exact) mass is 264 g/mol. The van der Waals surface area contributed by atoms with E-state index in [1.54, 1.807) is 18.1 Å². The zero-order chi connectivity index (χ0) is 14.0. The minimum atomic E-state index is -0.450. The molecule has 1 N–H and O–H groups in total. The molecule has 0 saturated carbocycles. The van der Waals surface area contributed by atoms with Crippen LogP contribution in [0.3, 0.4) is 0 Å². The van der Waals surface area contributed by atoms with E-state index in [2.05, 4.69) is 5.32 Å². The van der Waals surface area contributed by atoms with Crippen molar-refractivity contribution in [2.75, 3.05) is 0 Å². The summed E-state index contributed by atoms with van der Waals surface area (Å²) in [6.07, 6.45) is 2.86. The Balaban J connectivity index is 2.17. The number of nitrogens with zero attached hydrogens (tertiary/aromatic N) is 1. The number of carbonyl (C=O) groups excluding carboxylic acids is 2. The third kappa shape index (κ3) is 2.64. The number of amides is 2. The second kappa shape index (κ2) is 5.47. The molecule has 2 rings (SSSR count). The van der Waals surface area contributed by atoms with E-state index in [9.17, 15) is 9.59 Å². The maximum atomic E-state index is 12.3. The van der Waals surface area contributed by atoms with Gasteiger partial charge in [-0.25, -0.2) is 0 Å². The van der Waals surface area contributed by atoms with Crippen LogP contribution in [-0.4, -0.2) is 34.8 Å². The molecule has 104 valence electrons. The van der Waals surface area contributed by atoms with Crippen molar-refractivity contribution < 1.29 is 14.0 Å². The lowest BCUT2D eigenvalue weighted by molar-refractivity contribution is -0.151. The third-order valence-electron chi connectivity index (χ3n) is 3.56. The molecule has 0 aliphatic carbocycles. The highest BCUT2D eigenvalue weighted by molar-refractivity contribution is 5.96. The van der Waals surface area contributed by atoms with Crippen LogP contribution in [0.4, 0.5) is 0 Å². The van der Waals surface area contributed by atoms with Crippen molar-refractivity contribution in [2.45, 2.75) is 51.7 Å². The molecule has 1 aromatic heterocycles. The fourth-order valence-electron chi connectivity index (χ4n) is 2.60. The molecule has 5 nitrogen and oxygen atoms in total. The maximum absolute atomic E-state index is 12.3. The Kier molecular flexibility index (Phi) is 3.93. The van der Waals surface area contributed by atoms with Gasteiger partial charge in [-0.15, -0.1) is 0 Å². The Morgan fingerprint density at radius 3 is 2.79 bits per heavy atom. The van der Waals surface area contributed by atoms with Gasteiger partial charge in [0.2, 0.25) is 11.8 Å². The zero-order valence-electron chi connectivity index (χ0n) is 11.6. The smallest absolute Gasteiger partial charge is 0.245 e. The van der Waals surface area contributed by atoms with E-state index in [-0.39, 0.29) is 23.9 Å². The first-order chi connectivity index (χ1) is 9.04. The molecule has 0 bridgehead atoms. The zero-order valence-corrected chi connectivity index (χ0v) is 11.6. The summed E-state index contributed by atoms with van der Waals surface area (Å²) in [6, 6.07) is 2.82. The van der Waals surface area contributed by atoms with Gasteiger partial charge >= 0.3 is 0 Å². The van der Waals surface area contributed by atoms with Crippen molar-refractivity contribution in [3.63, 3.8) is 0 Å². The summed E-state index contributed by atoms with van der Waals surface area (Å²) in [5, 5.41) is 2.72. The number of furan rings is 1. The second-order valence-electron chi connectivity index (χ2n) is 5.03. The van der Waals surface area contributed by atoms with Gasteiger partial charge in [-0.2, -0.15) is 0 Å². The van der Waals surface area contributed by atoms with E-state index in [1.165, 1.54) is 0 Å². The minimum Gasteiger partial charge on any atom is -0.469 e. The van der Waals surface area contributed by atoms with Gasteiger partial charge in [0.1, 0.15) is 17.8 Å². The van der Waals surface area contributed by atoms with Gasteiger partial charge < -0.3 is 14.6 Å². The highest BCUT2D eigenvalue weighted by atomic mass is 16.3. The fourth-order valence-corrected chi connectivity index (χ4v) is 2.60. The van der Waals surface area contributed by atoms with Gasteiger partial charge in [0, 0.05) is 12.5 Å². The van der Waals surface area contributed by atoms with Gasteiger partial charge in [0.05, 0.1) is 6.26 Å². The van der Waals surface area contributed by atoms with Crippen LogP contribution in [0.1, 0.15) is 33.0 Å². The molecule has 0 aromatic carbocycles. The summed E-state index contributed by atoms with van der Waals surface area (Å²) in [5.41, 5.74) is 0. The van der Waals surface area contributed by atoms with E-state index < -0.39 is 6.04 Å². The molecule has 1 fully saturated rings. The molecule has 3 unspecified atom stereocenters. The van der Waals surface area contributed by atoms with E-state index in [4.69, 9.17) is 4.42 Å². The van der Waals surface area contributed by atoms with Crippen LogP contribution in [0.25, 0.3) is 0 Å². The summed E-state index contributed by atoms with van der Waals surface area (Å²) in [6.45, 7) is 5.59. The Bertz CT molecular complexity index is 455. The number of nitrogens with one attached hydrogen (secondary N) is 1. The van der Waals surface area contributed by atoms with Crippen molar-refractivity contribution in [1.29, 1.82) is 0 Å². The van der Waals surface area contributed by atoms with Crippen molar-refractivity contribution in [3.8, 4) is 0 Å². The SMILES string of the molecule is CCC1C(=O)NC(C)C(=O)N1C(C)Cc1ccco1. The number of piperazine rings is 1. The summed E-state index contributed by atoms with van der Waals surface area (Å²) < 4.78 is 5.31. The van der Waals surface area contributed by atoms with Crippen LogP contribution in [0.2, 0.25) is 0 Å². The highest BCUT2D eigenvalue weighted by Crippen LogP contribution is 2.19. The first-order valence-corrected chi connectivity index (χ1v) is 6.69. The minimum absolute atomic E-state index is 0.0227. The van der Waals surface area contributed by atoms with Gasteiger partial charge in [-0.05, 0) is 32.4 Å². The van der Waals surface area contributed by atoms with E-state index in [0.29, 0.717) is 12.8 Å². The Labute approximate surface area is 113 Å². The second-order valence-corrected chi connectivity index (χ2v) is 5.03. The first-order valence-electron chi connectivity index (χ1n) is 6.69. The molecule has 2 heterocycles. The molecular weight excluding hydrogens is 244 g/mol. The molecule has 2 amide bonds. The van der Waals surface area contributed by atoms with Crippen LogP contribution >= 0.6 is 0 Å². The molecule has 0 radical (unpaired) electrons. The largest absolute Gasteiger partial charge is 0.469 e. The summed E-state index contributed by atoms with van der Waals surface area (Å²) >= 11 is 0. The molecule has 1 aliphatic heterocycles. The molecule has 1 aromatic rings. The molecule has 1 aliphatic rings. The number of hydrogen-bond donors (Lipinski definition) is 1. The van der Waals surface area contributed by atoms with Gasteiger partial charge in [-0.1, -0.05) is 6.92 Å². The van der Waals surface area contributed by atoms with Crippen LogP contribution in [0, 0.1) is 0 Å². The van der Waals surface area contributed by atoms with Crippen molar-refractivity contribution >= 4 is 11.8 Å². The molecule has 5 heteroatoms. The van der Waals surface area contributed by atoms with E-state index in [1.807, 2.05) is 26.0 Å². The Morgan fingerprint density at radius 2 is 2.21 bits per heavy atom. The summed E-state index contributed by atoms with van der Waals surface area (Å²) in [4.78, 5) is 26.0. The first kappa shape index (κ1) is 13.6. The average Bonchev–Trinajstić information content (AvgIpc) is 2.85. The Morgan fingerprint density at radius 1 is 1.47 bits per heavy atom.